The molecular formula is C24H29ClN4O3S. The van der Waals surface area contributed by atoms with Crippen molar-refractivity contribution in [1.29, 1.82) is 0 Å². The topological polar surface area (TPSA) is 78.3 Å². The molecule has 1 N–H and O–H groups in total. The summed E-state index contributed by atoms with van der Waals surface area (Å²) in [5, 5.41) is 12.5. The number of amides is 1. The summed E-state index contributed by atoms with van der Waals surface area (Å²) in [5.74, 6) is 2.00. The molecule has 1 aromatic heterocycles. The van der Waals surface area contributed by atoms with E-state index in [0.29, 0.717) is 40.6 Å². The maximum Gasteiger partial charge on any atom is 0.234 e. The Morgan fingerprint density at radius 1 is 1.15 bits per heavy atom. The third kappa shape index (κ3) is 6.65. The van der Waals surface area contributed by atoms with Gasteiger partial charge in [-0.25, -0.2) is 0 Å². The summed E-state index contributed by atoms with van der Waals surface area (Å²) in [6.07, 6.45) is 0. The van der Waals surface area contributed by atoms with E-state index in [1.165, 1.54) is 17.3 Å². The second-order valence-corrected chi connectivity index (χ2v) is 9.77. The van der Waals surface area contributed by atoms with Crippen molar-refractivity contribution in [1.82, 2.24) is 14.8 Å². The van der Waals surface area contributed by atoms with Gasteiger partial charge in [0.25, 0.3) is 0 Å². The Hall–Kier alpha value is -2.71. The highest BCUT2D eigenvalue weighted by molar-refractivity contribution is 7.99. The molecule has 9 heteroatoms. The molecule has 0 unspecified atom stereocenters. The zero-order valence-electron chi connectivity index (χ0n) is 19.5. The van der Waals surface area contributed by atoms with Crippen molar-refractivity contribution >= 4 is 35.0 Å². The third-order valence-corrected chi connectivity index (χ3v) is 6.17. The zero-order chi connectivity index (χ0) is 24.0. The van der Waals surface area contributed by atoms with Gasteiger partial charge in [0.05, 0.1) is 18.6 Å². The Labute approximate surface area is 203 Å². The first-order valence-corrected chi connectivity index (χ1v) is 12.0. The van der Waals surface area contributed by atoms with Crippen molar-refractivity contribution in [3.8, 4) is 11.5 Å². The summed E-state index contributed by atoms with van der Waals surface area (Å²) in [6.45, 7) is 9.50. The Bertz CT molecular complexity index is 1090. The molecular weight excluding hydrogens is 460 g/mol. The van der Waals surface area contributed by atoms with Crippen molar-refractivity contribution in [2.24, 2.45) is 0 Å². The van der Waals surface area contributed by atoms with E-state index in [4.69, 9.17) is 21.1 Å². The number of hydrogen-bond acceptors (Lipinski definition) is 6. The van der Waals surface area contributed by atoms with E-state index in [9.17, 15) is 4.79 Å². The summed E-state index contributed by atoms with van der Waals surface area (Å²) >= 11 is 7.34. The van der Waals surface area contributed by atoms with Crippen LogP contribution in [0.1, 0.15) is 39.1 Å². The van der Waals surface area contributed by atoms with Crippen LogP contribution in [0.5, 0.6) is 11.5 Å². The van der Waals surface area contributed by atoms with Crippen LogP contribution in [0.25, 0.3) is 0 Å². The molecule has 1 heterocycles. The lowest BCUT2D eigenvalue weighted by molar-refractivity contribution is -0.113. The third-order valence-electron chi connectivity index (χ3n) is 4.97. The van der Waals surface area contributed by atoms with Crippen LogP contribution in [-0.4, -0.2) is 33.5 Å². The average Bonchev–Trinajstić information content (AvgIpc) is 3.18. The summed E-state index contributed by atoms with van der Waals surface area (Å²) in [5.41, 5.74) is 1.87. The molecule has 3 rings (SSSR count). The van der Waals surface area contributed by atoms with Crippen molar-refractivity contribution in [2.75, 3.05) is 18.2 Å². The van der Waals surface area contributed by atoms with Crippen LogP contribution in [0.2, 0.25) is 5.02 Å². The van der Waals surface area contributed by atoms with Crippen LogP contribution in [0.15, 0.2) is 47.6 Å². The van der Waals surface area contributed by atoms with Gasteiger partial charge in [-0.2, -0.15) is 0 Å². The Balaban J connectivity index is 1.59. The number of thioether (sulfide) groups is 1. The molecule has 0 fully saturated rings. The normalized spacial score (nSPS) is 11.3. The smallest absolute Gasteiger partial charge is 0.234 e. The number of benzene rings is 2. The molecule has 0 aliphatic rings. The molecule has 0 radical (unpaired) electrons. The lowest BCUT2D eigenvalue weighted by Gasteiger charge is -2.19. The lowest BCUT2D eigenvalue weighted by Crippen LogP contribution is -2.15. The predicted molar refractivity (Wildman–Crippen MR) is 133 cm³/mol. The van der Waals surface area contributed by atoms with Crippen LogP contribution < -0.4 is 14.8 Å². The first kappa shape index (κ1) is 24.9. The highest BCUT2D eigenvalue weighted by Gasteiger charge is 2.16. The monoisotopic (exact) mass is 488 g/mol. The van der Waals surface area contributed by atoms with Crippen molar-refractivity contribution in [3.05, 3.63) is 58.9 Å². The molecule has 0 aliphatic heterocycles. The number of halogens is 1. The second-order valence-electron chi connectivity index (χ2n) is 8.39. The number of carbonyl (C=O) groups excluding carboxylic acids is 1. The first-order valence-electron chi connectivity index (χ1n) is 10.6. The first-order chi connectivity index (χ1) is 15.7. The molecule has 176 valence electrons. The van der Waals surface area contributed by atoms with E-state index in [0.717, 1.165) is 5.75 Å². The number of methoxy groups -OCH3 is 1. The average molecular weight is 489 g/mol. The van der Waals surface area contributed by atoms with Crippen LogP contribution in [0.3, 0.4) is 0 Å². The number of aromatic nitrogens is 3. The van der Waals surface area contributed by atoms with E-state index in [1.807, 2.05) is 23.6 Å². The SMILES string of the molecule is CCn1c(COc2ccc(C(C)(C)C)cc2)nnc1SCC(=O)Nc1cc(Cl)ccc1OC. The Morgan fingerprint density at radius 2 is 1.88 bits per heavy atom. The number of rotatable bonds is 9. The Morgan fingerprint density at radius 3 is 2.52 bits per heavy atom. The molecule has 1 amide bonds. The molecule has 3 aromatic rings. The van der Waals surface area contributed by atoms with Crippen molar-refractivity contribution in [3.63, 3.8) is 0 Å². The van der Waals surface area contributed by atoms with Gasteiger partial charge in [-0.3, -0.25) is 4.79 Å². The van der Waals surface area contributed by atoms with Gasteiger partial charge in [0, 0.05) is 11.6 Å². The second kappa shape index (κ2) is 10.9. The predicted octanol–water partition coefficient (Wildman–Crippen LogP) is 5.57. The standard InChI is InChI=1S/C24H29ClN4O3S/c1-6-29-21(14-32-18-10-7-16(8-11-18)24(2,3)4)27-28-23(29)33-15-22(30)26-19-13-17(25)9-12-20(19)31-5/h7-13H,6,14-15H2,1-5H3,(H,26,30). The maximum absolute atomic E-state index is 12.5. The Kier molecular flexibility index (Phi) is 8.26. The highest BCUT2D eigenvalue weighted by Crippen LogP contribution is 2.28. The summed E-state index contributed by atoms with van der Waals surface area (Å²) < 4.78 is 13.1. The van der Waals surface area contributed by atoms with Crippen LogP contribution in [-0.2, 0) is 23.4 Å². The molecule has 0 aliphatic carbocycles. The number of nitrogens with one attached hydrogen (secondary N) is 1. The summed E-state index contributed by atoms with van der Waals surface area (Å²) in [6, 6.07) is 13.2. The van der Waals surface area contributed by atoms with Gasteiger partial charge >= 0.3 is 0 Å². The molecule has 0 bridgehead atoms. The fraction of sp³-hybridized carbons (Fsp3) is 0.375. The van der Waals surface area contributed by atoms with E-state index in [2.05, 4.69) is 48.4 Å². The molecule has 0 saturated carbocycles. The van der Waals surface area contributed by atoms with Crippen LogP contribution in [0.4, 0.5) is 5.69 Å². The molecule has 2 aromatic carbocycles. The van der Waals surface area contributed by atoms with E-state index in [-0.39, 0.29) is 17.1 Å². The van der Waals surface area contributed by atoms with Gasteiger partial charge < -0.3 is 19.4 Å². The number of nitrogens with zero attached hydrogens (tertiary/aromatic N) is 3. The molecule has 0 atom stereocenters. The van der Waals surface area contributed by atoms with E-state index < -0.39 is 0 Å². The fourth-order valence-electron chi connectivity index (χ4n) is 3.14. The zero-order valence-corrected chi connectivity index (χ0v) is 21.1. The summed E-state index contributed by atoms with van der Waals surface area (Å²) in [4.78, 5) is 12.5. The fourth-order valence-corrected chi connectivity index (χ4v) is 4.14. The summed E-state index contributed by atoms with van der Waals surface area (Å²) in [7, 11) is 1.54. The van der Waals surface area contributed by atoms with Gasteiger partial charge in [-0.05, 0) is 48.2 Å². The highest BCUT2D eigenvalue weighted by atomic mass is 35.5. The van der Waals surface area contributed by atoms with Crippen LogP contribution in [0, 0.1) is 0 Å². The molecule has 0 spiro atoms. The minimum absolute atomic E-state index is 0.0945. The minimum Gasteiger partial charge on any atom is -0.495 e. The molecule has 33 heavy (non-hydrogen) atoms. The van der Waals surface area contributed by atoms with Gasteiger partial charge in [0.1, 0.15) is 18.1 Å². The quantitative estimate of drug-likeness (QED) is 0.397. The molecule has 0 saturated heterocycles. The maximum atomic E-state index is 12.5. The number of hydrogen-bond donors (Lipinski definition) is 1. The van der Waals surface area contributed by atoms with Gasteiger partial charge in [0.2, 0.25) is 5.91 Å². The van der Waals surface area contributed by atoms with Gasteiger partial charge in [0.15, 0.2) is 11.0 Å². The van der Waals surface area contributed by atoms with E-state index >= 15 is 0 Å². The van der Waals surface area contributed by atoms with Gasteiger partial charge in [-0.1, -0.05) is 56.3 Å². The van der Waals surface area contributed by atoms with E-state index in [1.54, 1.807) is 25.3 Å². The number of anilines is 1. The van der Waals surface area contributed by atoms with Crippen LogP contribution >= 0.6 is 23.4 Å². The minimum atomic E-state index is -0.192. The number of ether oxygens (including phenoxy) is 2. The lowest BCUT2D eigenvalue weighted by atomic mass is 9.87. The number of carbonyl (C=O) groups is 1. The van der Waals surface area contributed by atoms with Crippen molar-refractivity contribution < 1.29 is 14.3 Å². The van der Waals surface area contributed by atoms with Gasteiger partial charge in [-0.15, -0.1) is 10.2 Å². The largest absolute Gasteiger partial charge is 0.495 e. The van der Waals surface area contributed by atoms with Crippen molar-refractivity contribution in [2.45, 2.75) is 51.4 Å². The molecule has 7 nitrogen and oxygen atoms in total.